The molecule has 0 aliphatic carbocycles. The standard InChI is InChI=1S/C67H97N21O13/c1-39(2)34-49(61(96)82-48(57(72)92)35-42-22-24-43(25-23-42)85-86-75)78-56(91)38-77-58(93)50(36-40-14-5-3-6-15-40)83-62(97)51(37-41-16-7-4-8-17-41)84-60(95)45(26-28-54(70)89)79-59(94)46(27-29-55(71)90)80-63(98)53-21-13-33-88(53)66(101)47(19-9-10-30-68)81-64(99)52-20-12-32-87(52)65(100)44(69)18-11-31-76-67(73)74/h3-8,14-17,22-25,39,44-53H,9-13,18-21,26-38,68-69H2,1-2H3,(H2,70,89)(H2,71,90)(H2,72,92)(H,77,93)(H,78,91)(H,79,94)(H,80,98)(H,81,99)(H,82,96)(H,83,97)(H,84,95)(H4,73,74,76)/t44-,45-,46-,47-,48-,49-,50-,51-,52-,53-/m0/s1. The average Bonchev–Trinajstić information content (AvgIpc) is 1.73. The van der Waals surface area contributed by atoms with Crippen LogP contribution in [0, 0.1) is 5.92 Å². The molecule has 10 atom stereocenters. The van der Waals surface area contributed by atoms with E-state index in [4.69, 9.17) is 45.7 Å². The number of carbonyl (C=O) groups excluding carboxylic acids is 13. The summed E-state index contributed by atoms with van der Waals surface area (Å²) in [6.07, 6.45) is 0.749. The van der Waals surface area contributed by atoms with Gasteiger partial charge in [-0.2, -0.15) is 0 Å². The van der Waals surface area contributed by atoms with Crippen molar-refractivity contribution in [2.24, 2.45) is 56.2 Å². The molecule has 3 aromatic rings. The summed E-state index contributed by atoms with van der Waals surface area (Å²) in [7, 11) is 0. The molecule has 0 aromatic heterocycles. The van der Waals surface area contributed by atoms with E-state index in [9.17, 15) is 62.3 Å². The fourth-order valence-electron chi connectivity index (χ4n) is 11.7. The van der Waals surface area contributed by atoms with Crippen molar-refractivity contribution in [3.8, 4) is 0 Å². The Kier molecular flexibility index (Phi) is 33.4. The maximum Gasteiger partial charge on any atom is 0.245 e. The van der Waals surface area contributed by atoms with Gasteiger partial charge in [-0.05, 0) is 112 Å². The summed E-state index contributed by atoms with van der Waals surface area (Å²) in [5.74, 6) is -10.8. The molecule has 0 radical (unpaired) electrons. The zero-order chi connectivity index (χ0) is 74.1. The number of aliphatic imine (C=N–C) groups is 1. The minimum atomic E-state index is -1.66. The van der Waals surface area contributed by atoms with E-state index >= 15 is 0 Å². The third kappa shape index (κ3) is 27.5. The number of benzene rings is 3. The zero-order valence-corrected chi connectivity index (χ0v) is 57.0. The quantitative estimate of drug-likeness (QED) is 0.00710. The number of hydrogen-bond donors (Lipinski definition) is 15. The van der Waals surface area contributed by atoms with E-state index in [1.165, 1.54) is 21.9 Å². The molecule has 2 aliphatic heterocycles. The molecule has 34 heteroatoms. The second-order valence-corrected chi connectivity index (χ2v) is 25.4. The van der Waals surface area contributed by atoms with Crippen LogP contribution in [0.5, 0.6) is 0 Å². The molecule has 5 rings (SSSR count). The number of nitrogens with two attached hydrogens (primary N) is 7. The molecule has 548 valence electrons. The molecule has 3 aromatic carbocycles. The SMILES string of the molecule is CC(C)C[C@H](NC(=O)CNC(=O)[C@H](Cc1ccccc1)NC(=O)[C@H](Cc1ccccc1)NC(=O)[C@H](CCC(N)=O)NC(=O)[C@H](CCC(N)=O)NC(=O)[C@@H]1CCCN1C(=O)[C@H](CCCCN)NC(=O)[C@@H]1CCCN1C(=O)[C@@H](N)CCCN=C(N)N)C(=O)N[C@@H](Cc1ccc(N=[N+]=[N-])cc1)C(N)=O. The number of guanidine groups is 1. The van der Waals surface area contributed by atoms with Crippen LogP contribution in [-0.2, 0) is 81.6 Å². The minimum Gasteiger partial charge on any atom is -0.370 e. The van der Waals surface area contributed by atoms with Gasteiger partial charge < -0.3 is 92.5 Å². The van der Waals surface area contributed by atoms with E-state index in [1.807, 2.05) is 0 Å². The van der Waals surface area contributed by atoms with E-state index in [2.05, 4.69) is 57.6 Å². The molecule has 2 saturated heterocycles. The number of amides is 13. The van der Waals surface area contributed by atoms with Gasteiger partial charge in [0.1, 0.15) is 54.4 Å². The number of rotatable bonds is 42. The molecular weight excluding hydrogens is 1310 g/mol. The lowest BCUT2D eigenvalue weighted by Crippen LogP contribution is -2.60. The first kappa shape index (κ1) is 80.9. The van der Waals surface area contributed by atoms with Crippen LogP contribution in [0.15, 0.2) is 95.0 Å². The lowest BCUT2D eigenvalue weighted by atomic mass is 10.0. The zero-order valence-electron chi connectivity index (χ0n) is 57.0. The second kappa shape index (κ2) is 41.6. The molecule has 0 spiro atoms. The lowest BCUT2D eigenvalue weighted by molar-refractivity contribution is -0.144. The highest BCUT2D eigenvalue weighted by Gasteiger charge is 2.42. The van der Waals surface area contributed by atoms with Crippen LogP contribution in [0.2, 0.25) is 0 Å². The second-order valence-electron chi connectivity index (χ2n) is 25.4. The first-order chi connectivity index (χ1) is 48.2. The van der Waals surface area contributed by atoms with Crippen molar-refractivity contribution in [1.82, 2.24) is 52.3 Å². The fraction of sp³-hybridized carbons (Fsp3) is 0.522. The highest BCUT2D eigenvalue weighted by Crippen LogP contribution is 2.24. The van der Waals surface area contributed by atoms with E-state index in [0.29, 0.717) is 60.9 Å². The van der Waals surface area contributed by atoms with Gasteiger partial charge in [0.05, 0.1) is 12.6 Å². The normalized spacial score (nSPS) is 16.4. The van der Waals surface area contributed by atoms with E-state index in [0.717, 1.165) is 0 Å². The van der Waals surface area contributed by atoms with Crippen molar-refractivity contribution >= 4 is 88.4 Å². The molecule has 0 saturated carbocycles. The summed E-state index contributed by atoms with van der Waals surface area (Å²) in [5.41, 5.74) is 50.4. The molecule has 0 bridgehead atoms. The Labute approximate surface area is 585 Å². The van der Waals surface area contributed by atoms with Crippen molar-refractivity contribution in [2.75, 3.05) is 32.7 Å². The molecule has 2 fully saturated rings. The number of unbranched alkanes of at least 4 members (excludes halogenated alkanes) is 1. The van der Waals surface area contributed by atoms with Gasteiger partial charge in [0.15, 0.2) is 5.96 Å². The number of primary amides is 3. The van der Waals surface area contributed by atoms with Gasteiger partial charge in [0.2, 0.25) is 76.8 Å². The maximum absolute atomic E-state index is 14.8. The molecule has 34 nitrogen and oxygen atoms in total. The highest BCUT2D eigenvalue weighted by atomic mass is 16.2. The van der Waals surface area contributed by atoms with Gasteiger partial charge >= 0.3 is 0 Å². The van der Waals surface area contributed by atoms with Crippen molar-refractivity contribution < 1.29 is 62.3 Å². The van der Waals surface area contributed by atoms with Gasteiger partial charge in [-0.25, -0.2) is 0 Å². The first-order valence-corrected chi connectivity index (χ1v) is 33.8. The third-order valence-corrected chi connectivity index (χ3v) is 17.0. The minimum absolute atomic E-state index is 0.0383. The molecule has 13 amide bonds. The largest absolute Gasteiger partial charge is 0.370 e. The summed E-state index contributed by atoms with van der Waals surface area (Å²) in [5, 5.41) is 24.6. The van der Waals surface area contributed by atoms with Crippen LogP contribution < -0.4 is 82.7 Å². The summed E-state index contributed by atoms with van der Waals surface area (Å²) < 4.78 is 0. The third-order valence-electron chi connectivity index (χ3n) is 17.0. The Hall–Kier alpha value is -10.7. The van der Waals surface area contributed by atoms with Gasteiger partial charge in [-0.15, -0.1) is 0 Å². The smallest absolute Gasteiger partial charge is 0.245 e. The Morgan fingerprint density at radius 1 is 0.525 bits per heavy atom. The lowest BCUT2D eigenvalue weighted by Gasteiger charge is -2.32. The Balaban J connectivity index is 1.33. The molecular formula is C67H97N21O13. The maximum atomic E-state index is 14.8. The monoisotopic (exact) mass is 1400 g/mol. The molecule has 22 N–H and O–H groups in total. The van der Waals surface area contributed by atoms with Gasteiger partial charge in [0.25, 0.3) is 0 Å². The Morgan fingerprint density at radius 3 is 1.50 bits per heavy atom. The van der Waals surface area contributed by atoms with E-state index in [1.54, 1.807) is 86.6 Å². The summed E-state index contributed by atoms with van der Waals surface area (Å²) >= 11 is 0. The van der Waals surface area contributed by atoms with Crippen LogP contribution in [0.1, 0.15) is 120 Å². The van der Waals surface area contributed by atoms with E-state index in [-0.39, 0.29) is 83.0 Å². The van der Waals surface area contributed by atoms with Crippen LogP contribution in [0.25, 0.3) is 10.4 Å². The molecule has 2 heterocycles. The topological polar surface area (TPSA) is 568 Å². The Morgan fingerprint density at radius 2 is 0.990 bits per heavy atom. The van der Waals surface area contributed by atoms with Crippen LogP contribution in [0.4, 0.5) is 5.69 Å². The molecule has 0 unspecified atom stereocenters. The number of carbonyl (C=O) groups is 13. The van der Waals surface area contributed by atoms with Crippen LogP contribution in [0.3, 0.4) is 0 Å². The number of azide groups is 1. The summed E-state index contributed by atoms with van der Waals surface area (Å²) in [6, 6.07) is 10.2. The number of hydrogen-bond acceptors (Lipinski definition) is 17. The van der Waals surface area contributed by atoms with Crippen LogP contribution >= 0.6 is 0 Å². The molecule has 101 heavy (non-hydrogen) atoms. The van der Waals surface area contributed by atoms with Crippen molar-refractivity contribution in [3.63, 3.8) is 0 Å². The predicted molar refractivity (Wildman–Crippen MR) is 372 cm³/mol. The van der Waals surface area contributed by atoms with Gasteiger partial charge in [-0.3, -0.25) is 67.3 Å². The van der Waals surface area contributed by atoms with Gasteiger partial charge in [-0.1, -0.05) is 104 Å². The molecule has 2 aliphatic rings. The number of nitrogens with zero attached hydrogens (tertiary/aromatic N) is 6. The van der Waals surface area contributed by atoms with Gasteiger partial charge in [0, 0.05) is 62.3 Å². The number of nitrogens with one attached hydrogen (secondary N) is 8. The van der Waals surface area contributed by atoms with E-state index < -0.39 is 169 Å². The fourth-order valence-corrected chi connectivity index (χ4v) is 11.7. The predicted octanol–water partition coefficient (Wildman–Crippen LogP) is -2.28. The van der Waals surface area contributed by atoms with Crippen molar-refractivity contribution in [1.29, 1.82) is 0 Å². The highest BCUT2D eigenvalue weighted by molar-refractivity contribution is 5.99. The van der Waals surface area contributed by atoms with Crippen LogP contribution in [-0.4, -0.2) is 186 Å². The summed E-state index contributed by atoms with van der Waals surface area (Å²) in [4.78, 5) is 189. The van der Waals surface area contributed by atoms with Crippen molar-refractivity contribution in [3.05, 3.63) is 112 Å². The number of likely N-dealkylation sites (tertiary alicyclic amines) is 2. The Bertz CT molecular complexity index is 3430. The average molecular weight is 1400 g/mol. The summed E-state index contributed by atoms with van der Waals surface area (Å²) in [6.45, 7) is 3.72. The first-order valence-electron chi connectivity index (χ1n) is 33.8. The van der Waals surface area contributed by atoms with Crippen molar-refractivity contribution in [2.45, 2.75) is 183 Å².